The normalized spacial score (nSPS) is 36.2. The highest BCUT2D eigenvalue weighted by molar-refractivity contribution is 5.76. The Morgan fingerprint density at radius 3 is 1.44 bits per heavy atom. The van der Waals surface area contributed by atoms with Gasteiger partial charge in [0.15, 0.2) is 0 Å². The summed E-state index contributed by atoms with van der Waals surface area (Å²) >= 11 is 0. The molecule has 6 nitrogen and oxygen atoms in total. The van der Waals surface area contributed by atoms with Gasteiger partial charge in [-0.1, -0.05) is 117 Å². The number of esters is 2. The van der Waals surface area contributed by atoms with Crippen molar-refractivity contribution in [2.45, 2.75) is 225 Å². The molecule has 12 atom stereocenters. The number of rotatable bonds is 0. The zero-order valence-electron chi connectivity index (χ0n) is 37.7. The Kier molecular flexibility index (Phi) is 32.7. The summed E-state index contributed by atoms with van der Waals surface area (Å²) in [7, 11) is 0. The van der Waals surface area contributed by atoms with Gasteiger partial charge in [-0.05, 0) is 113 Å². The van der Waals surface area contributed by atoms with Crippen LogP contribution in [0.3, 0.4) is 0 Å². The van der Waals surface area contributed by atoms with Gasteiger partial charge in [-0.15, -0.1) is 0 Å². The molecule has 0 aromatic heterocycles. The Morgan fingerprint density at radius 1 is 0.423 bits per heavy atom. The highest BCUT2D eigenvalue weighted by Gasteiger charge is 2.56. The molecule has 0 N–H and O–H groups in total. The fourth-order valence-electron chi connectivity index (χ4n) is 9.53. The maximum Gasteiger partial charge on any atom is 0.309 e. The van der Waals surface area contributed by atoms with Gasteiger partial charge in [0.25, 0.3) is 0 Å². The molecule has 312 valence electrons. The Morgan fingerprint density at radius 2 is 0.981 bits per heavy atom. The predicted octanol–water partition coefficient (Wildman–Crippen LogP) is 13.3. The predicted molar refractivity (Wildman–Crippen MR) is 223 cm³/mol. The SMILES string of the molecule is C1CC2COC(C1)C2.C1OC2CC3CC1C2C3.CC.CC.CC.CC.CC.CC.CC.CC.O=C1OC2CC3CC1C2C3.O=C1OC2CCCC1C2. The van der Waals surface area contributed by atoms with Gasteiger partial charge in [-0.25, -0.2) is 0 Å². The van der Waals surface area contributed by atoms with Crippen LogP contribution in [-0.2, 0) is 28.5 Å². The van der Waals surface area contributed by atoms with Crippen LogP contribution in [0.1, 0.15) is 201 Å². The molecule has 0 aromatic rings. The molecule has 10 rings (SSSR count). The number of ether oxygens (including phenoxy) is 4. The molecular weight excluding hydrogens is 649 g/mol. The number of hydrogen-bond donors (Lipinski definition) is 0. The Hall–Kier alpha value is -1.14. The van der Waals surface area contributed by atoms with Gasteiger partial charge in [0.05, 0.1) is 30.7 Å². The molecule has 8 bridgehead atoms. The van der Waals surface area contributed by atoms with Crippen molar-refractivity contribution < 1.29 is 28.5 Å². The van der Waals surface area contributed by atoms with Gasteiger partial charge in [0.2, 0.25) is 0 Å². The molecule has 12 unspecified atom stereocenters. The van der Waals surface area contributed by atoms with Crippen molar-refractivity contribution in [2.24, 2.45) is 47.3 Å². The Balaban J connectivity index is 0. The van der Waals surface area contributed by atoms with Gasteiger partial charge < -0.3 is 18.9 Å². The molecule has 4 aliphatic heterocycles. The molecule has 6 heteroatoms. The lowest BCUT2D eigenvalue weighted by molar-refractivity contribution is -0.144. The van der Waals surface area contributed by atoms with Crippen LogP contribution in [-0.4, -0.2) is 49.6 Å². The molecule has 6 saturated carbocycles. The largest absolute Gasteiger partial charge is 0.462 e. The van der Waals surface area contributed by atoms with Gasteiger partial charge in [0.1, 0.15) is 12.2 Å². The molecule has 6 aliphatic carbocycles. The van der Waals surface area contributed by atoms with E-state index in [0.29, 0.717) is 30.1 Å². The average Bonchev–Trinajstić information content (AvgIpc) is 4.13. The Labute approximate surface area is 325 Å². The van der Waals surface area contributed by atoms with Crippen LogP contribution in [0.4, 0.5) is 0 Å². The maximum absolute atomic E-state index is 11.1. The summed E-state index contributed by atoms with van der Waals surface area (Å²) in [5, 5.41) is 0. The van der Waals surface area contributed by atoms with E-state index in [0.717, 1.165) is 74.9 Å². The summed E-state index contributed by atoms with van der Waals surface area (Å²) in [6, 6.07) is 0. The molecule has 0 aromatic carbocycles. The average molecular weight is 741 g/mol. The number of hydrogen-bond acceptors (Lipinski definition) is 6. The standard InChI is InChI=1S/C8H10O2.C8H12O.C7H10O2.C7H12O.8C2H6/c9-8-6-2-4-1-5(6)7(3-4)10-8;1-5-2-7-6(1)4-9-8(7)3-5;8-7-5-2-1-3-6(4-5)9-7;1-2-6-4-7(3-1)8-5-6;8*1-2/h4-7H,1-3H2;5-8H,1-4H2;5-6H,1-4H2;6-7H,1-5H2;8*1-2H3. The molecule has 0 spiro atoms. The fraction of sp³-hybridized carbons (Fsp3) is 0.957. The van der Waals surface area contributed by atoms with Crippen molar-refractivity contribution >= 4 is 11.9 Å². The van der Waals surface area contributed by atoms with Crippen molar-refractivity contribution in [3.63, 3.8) is 0 Å². The summed E-state index contributed by atoms with van der Waals surface area (Å²) in [6.07, 6.45) is 19.8. The van der Waals surface area contributed by atoms with E-state index in [4.69, 9.17) is 18.9 Å². The molecule has 10 aliphatic rings. The summed E-state index contributed by atoms with van der Waals surface area (Å²) in [4.78, 5) is 21.9. The second-order valence-electron chi connectivity index (χ2n) is 13.6. The van der Waals surface area contributed by atoms with Crippen LogP contribution in [0.25, 0.3) is 0 Å². The van der Waals surface area contributed by atoms with Crippen LogP contribution in [0.5, 0.6) is 0 Å². The third kappa shape index (κ3) is 15.5. The molecule has 52 heavy (non-hydrogen) atoms. The first-order valence-corrected chi connectivity index (χ1v) is 23.2. The molecule has 4 saturated heterocycles. The molecule has 0 radical (unpaired) electrons. The van der Waals surface area contributed by atoms with Gasteiger partial charge in [0, 0.05) is 12.5 Å². The zero-order valence-corrected chi connectivity index (χ0v) is 37.7. The summed E-state index contributed by atoms with van der Waals surface area (Å²) in [5.41, 5.74) is 0. The van der Waals surface area contributed by atoms with Crippen molar-refractivity contribution in [1.82, 2.24) is 0 Å². The second kappa shape index (κ2) is 32.1. The van der Waals surface area contributed by atoms with Crippen LogP contribution in [0, 0.1) is 47.3 Å². The van der Waals surface area contributed by atoms with Crippen molar-refractivity contribution in [3.05, 3.63) is 0 Å². The van der Waals surface area contributed by atoms with E-state index in [1.54, 1.807) is 0 Å². The highest BCUT2D eigenvalue weighted by Crippen LogP contribution is 2.54. The lowest BCUT2D eigenvalue weighted by Gasteiger charge is -2.14. The van der Waals surface area contributed by atoms with E-state index < -0.39 is 0 Å². The first kappa shape index (κ1) is 53.0. The van der Waals surface area contributed by atoms with Crippen LogP contribution < -0.4 is 0 Å². The van der Waals surface area contributed by atoms with Crippen LogP contribution in [0.15, 0.2) is 0 Å². The van der Waals surface area contributed by atoms with E-state index >= 15 is 0 Å². The highest BCUT2D eigenvalue weighted by atomic mass is 16.6. The minimum atomic E-state index is 0.0532. The first-order chi connectivity index (χ1) is 25.6. The quantitative estimate of drug-likeness (QED) is 0.230. The molecule has 0 amide bonds. The molecule has 4 heterocycles. The van der Waals surface area contributed by atoms with Gasteiger partial charge in [-0.2, -0.15) is 0 Å². The van der Waals surface area contributed by atoms with E-state index in [1.807, 2.05) is 111 Å². The topological polar surface area (TPSA) is 71.1 Å². The zero-order chi connectivity index (χ0) is 40.2. The van der Waals surface area contributed by atoms with E-state index in [1.165, 1.54) is 57.8 Å². The van der Waals surface area contributed by atoms with Gasteiger partial charge >= 0.3 is 11.9 Å². The van der Waals surface area contributed by atoms with Crippen molar-refractivity contribution in [1.29, 1.82) is 0 Å². The van der Waals surface area contributed by atoms with Crippen LogP contribution in [0.2, 0.25) is 0 Å². The third-order valence-electron chi connectivity index (χ3n) is 11.3. The van der Waals surface area contributed by atoms with Crippen molar-refractivity contribution in [2.75, 3.05) is 13.2 Å². The summed E-state index contributed by atoms with van der Waals surface area (Å²) < 4.78 is 21.4. The number of fused-ring (bicyclic) bond motifs is 6. The van der Waals surface area contributed by atoms with E-state index in [2.05, 4.69) is 0 Å². The fourth-order valence-corrected chi connectivity index (χ4v) is 9.53. The maximum atomic E-state index is 11.1. The molecular formula is C46H92O6. The summed E-state index contributed by atoms with van der Waals surface area (Å²) in [5.74, 6) is 6.15. The monoisotopic (exact) mass is 741 g/mol. The Bertz CT molecular complexity index is 814. The van der Waals surface area contributed by atoms with Crippen LogP contribution >= 0.6 is 0 Å². The third-order valence-corrected chi connectivity index (χ3v) is 11.3. The smallest absolute Gasteiger partial charge is 0.309 e. The second-order valence-corrected chi connectivity index (χ2v) is 13.6. The number of carbonyl (C=O) groups is 2. The minimum Gasteiger partial charge on any atom is -0.462 e. The van der Waals surface area contributed by atoms with Crippen molar-refractivity contribution in [3.8, 4) is 0 Å². The first-order valence-electron chi connectivity index (χ1n) is 23.2. The molecule has 10 fully saturated rings. The lowest BCUT2D eigenvalue weighted by atomic mass is 9.90. The summed E-state index contributed by atoms with van der Waals surface area (Å²) in [6.45, 7) is 34.1. The van der Waals surface area contributed by atoms with Gasteiger partial charge in [-0.3, -0.25) is 9.59 Å². The van der Waals surface area contributed by atoms with E-state index in [9.17, 15) is 9.59 Å². The number of carbonyl (C=O) groups excluding carboxylic acids is 2. The lowest BCUT2D eigenvalue weighted by Crippen LogP contribution is -2.15. The van der Waals surface area contributed by atoms with E-state index in [-0.39, 0.29) is 24.0 Å². The minimum absolute atomic E-state index is 0.0532.